The topological polar surface area (TPSA) is 87.4 Å². The van der Waals surface area contributed by atoms with Crippen LogP contribution in [0.5, 0.6) is 17.2 Å². The fourth-order valence-corrected chi connectivity index (χ4v) is 5.15. The monoisotopic (exact) mass is 529 g/mol. The van der Waals surface area contributed by atoms with Gasteiger partial charge in [-0.3, -0.25) is 4.79 Å². The van der Waals surface area contributed by atoms with Gasteiger partial charge in [0.25, 0.3) is 0 Å². The summed E-state index contributed by atoms with van der Waals surface area (Å²) in [4.78, 5) is 28.4. The number of carbonyl (C=O) groups excluding carboxylic acids is 1. The lowest BCUT2D eigenvalue weighted by atomic mass is 9.85. The van der Waals surface area contributed by atoms with E-state index < -0.39 is 11.5 Å². The molecule has 3 aromatic carbocycles. The van der Waals surface area contributed by atoms with Crippen molar-refractivity contribution in [2.45, 2.75) is 12.3 Å². The standard InChI is InChI=1S/C31H31NO7/c1-35-22-11-9-21(10-12-22)23(17-27(33)32-13-15-38-16-14-32)29-25(36-2)19-26(37-3)30-24(18-28(34)39-31(29)30)20-7-5-4-6-8-20/h4-12,18-19,23H,13-17H2,1-3H3/t23-/m1/s1. The molecule has 0 N–H and O–H groups in total. The Hall–Kier alpha value is -4.30. The highest BCUT2D eigenvalue weighted by molar-refractivity contribution is 6.01. The van der Waals surface area contributed by atoms with E-state index in [0.717, 1.165) is 11.1 Å². The largest absolute Gasteiger partial charge is 0.497 e. The molecular weight excluding hydrogens is 498 g/mol. The van der Waals surface area contributed by atoms with Crippen LogP contribution in [0.15, 0.2) is 75.9 Å². The quantitative estimate of drug-likeness (QED) is 0.301. The lowest BCUT2D eigenvalue weighted by Gasteiger charge is -2.29. The molecule has 5 rings (SSSR count). The first-order valence-electron chi connectivity index (χ1n) is 12.8. The average molecular weight is 530 g/mol. The van der Waals surface area contributed by atoms with E-state index in [4.69, 9.17) is 23.4 Å². The van der Waals surface area contributed by atoms with Gasteiger partial charge in [0.05, 0.1) is 39.9 Å². The summed E-state index contributed by atoms with van der Waals surface area (Å²) in [7, 11) is 4.73. The second-order valence-electron chi connectivity index (χ2n) is 9.27. The lowest BCUT2D eigenvalue weighted by molar-refractivity contribution is -0.135. The van der Waals surface area contributed by atoms with Crippen molar-refractivity contribution < 1.29 is 28.2 Å². The van der Waals surface area contributed by atoms with Gasteiger partial charge in [-0.25, -0.2) is 4.79 Å². The number of fused-ring (bicyclic) bond motifs is 1. The summed E-state index contributed by atoms with van der Waals surface area (Å²) in [5.74, 6) is 1.15. The van der Waals surface area contributed by atoms with Crippen LogP contribution in [0, 0.1) is 0 Å². The maximum Gasteiger partial charge on any atom is 0.336 e. The lowest BCUT2D eigenvalue weighted by Crippen LogP contribution is -2.41. The molecule has 1 aliphatic heterocycles. The van der Waals surface area contributed by atoms with Gasteiger partial charge in [0.1, 0.15) is 22.8 Å². The van der Waals surface area contributed by atoms with Gasteiger partial charge >= 0.3 is 5.63 Å². The Morgan fingerprint density at radius 1 is 0.897 bits per heavy atom. The molecular formula is C31H31NO7. The predicted molar refractivity (Wildman–Crippen MR) is 148 cm³/mol. The van der Waals surface area contributed by atoms with Crippen LogP contribution in [0.3, 0.4) is 0 Å². The minimum Gasteiger partial charge on any atom is -0.497 e. The molecule has 0 spiro atoms. The van der Waals surface area contributed by atoms with Gasteiger partial charge in [-0.1, -0.05) is 42.5 Å². The smallest absolute Gasteiger partial charge is 0.336 e. The van der Waals surface area contributed by atoms with Crippen LogP contribution in [-0.2, 0) is 9.53 Å². The Balaban J connectivity index is 1.77. The molecule has 1 amide bonds. The number of morpholine rings is 1. The molecule has 1 atom stereocenters. The van der Waals surface area contributed by atoms with Crippen molar-refractivity contribution in [3.05, 3.63) is 88.3 Å². The number of benzene rings is 3. The SMILES string of the molecule is COc1ccc([C@@H](CC(=O)N2CCOCC2)c2c(OC)cc(OC)c3c(-c4ccccc4)cc(=O)oc23)cc1. The normalized spacial score (nSPS) is 14.2. The van der Waals surface area contributed by atoms with Crippen LogP contribution < -0.4 is 19.8 Å². The molecule has 0 radical (unpaired) electrons. The first-order chi connectivity index (χ1) is 19.0. The van der Waals surface area contributed by atoms with E-state index in [0.29, 0.717) is 65.6 Å². The summed E-state index contributed by atoms with van der Waals surface area (Å²) in [6, 6.07) is 20.4. The number of hydrogen-bond donors (Lipinski definition) is 0. The highest BCUT2D eigenvalue weighted by atomic mass is 16.5. The molecule has 0 unspecified atom stereocenters. The van der Waals surface area contributed by atoms with Gasteiger partial charge in [0.15, 0.2) is 0 Å². The van der Waals surface area contributed by atoms with Crippen LogP contribution in [0.4, 0.5) is 0 Å². The number of rotatable bonds is 8. The molecule has 1 aliphatic rings. The molecule has 1 saturated heterocycles. The summed E-state index contributed by atoms with van der Waals surface area (Å²) in [5.41, 5.74) is 2.80. The average Bonchev–Trinajstić information content (AvgIpc) is 2.99. The van der Waals surface area contributed by atoms with E-state index in [1.807, 2.05) is 59.5 Å². The molecule has 4 aromatic rings. The van der Waals surface area contributed by atoms with Crippen LogP contribution in [-0.4, -0.2) is 58.4 Å². The zero-order valence-electron chi connectivity index (χ0n) is 22.3. The van der Waals surface area contributed by atoms with Gasteiger partial charge < -0.3 is 28.3 Å². The fraction of sp³-hybridized carbons (Fsp3) is 0.290. The maximum absolute atomic E-state index is 13.6. The molecule has 1 fully saturated rings. The molecule has 0 aliphatic carbocycles. The van der Waals surface area contributed by atoms with E-state index >= 15 is 0 Å². The van der Waals surface area contributed by atoms with Gasteiger partial charge in [-0.15, -0.1) is 0 Å². The Morgan fingerprint density at radius 2 is 1.59 bits per heavy atom. The van der Waals surface area contributed by atoms with Gasteiger partial charge in [-0.05, 0) is 23.3 Å². The number of ether oxygens (including phenoxy) is 4. The van der Waals surface area contributed by atoms with Gasteiger partial charge in [-0.2, -0.15) is 0 Å². The van der Waals surface area contributed by atoms with E-state index in [2.05, 4.69) is 0 Å². The molecule has 1 aromatic heterocycles. The third-order valence-corrected chi connectivity index (χ3v) is 7.11. The molecule has 2 heterocycles. The number of nitrogens with zero attached hydrogens (tertiary/aromatic N) is 1. The predicted octanol–water partition coefficient (Wildman–Crippen LogP) is 4.87. The van der Waals surface area contributed by atoms with Crippen molar-refractivity contribution in [2.24, 2.45) is 0 Å². The van der Waals surface area contributed by atoms with E-state index in [1.54, 1.807) is 27.4 Å². The fourth-order valence-electron chi connectivity index (χ4n) is 5.15. The second-order valence-corrected chi connectivity index (χ2v) is 9.27. The molecule has 8 heteroatoms. The van der Waals surface area contributed by atoms with E-state index in [-0.39, 0.29) is 12.3 Å². The van der Waals surface area contributed by atoms with E-state index in [9.17, 15) is 9.59 Å². The molecule has 0 bridgehead atoms. The number of methoxy groups -OCH3 is 3. The van der Waals surface area contributed by atoms with Crippen LogP contribution in [0.2, 0.25) is 0 Å². The van der Waals surface area contributed by atoms with Crippen LogP contribution in [0.25, 0.3) is 22.1 Å². The van der Waals surface area contributed by atoms with E-state index in [1.165, 1.54) is 6.07 Å². The van der Waals surface area contributed by atoms with Crippen molar-refractivity contribution >= 4 is 16.9 Å². The molecule has 202 valence electrons. The highest BCUT2D eigenvalue weighted by Gasteiger charge is 2.31. The maximum atomic E-state index is 13.6. The first-order valence-corrected chi connectivity index (χ1v) is 12.8. The summed E-state index contributed by atoms with van der Waals surface area (Å²) in [6.07, 6.45) is 0.142. The van der Waals surface area contributed by atoms with Gasteiger partial charge in [0, 0.05) is 48.7 Å². The Bertz CT molecular complexity index is 1510. The summed E-state index contributed by atoms with van der Waals surface area (Å²) < 4.78 is 28.4. The number of amides is 1. The van der Waals surface area contributed by atoms with Crippen LogP contribution in [0.1, 0.15) is 23.5 Å². The summed E-state index contributed by atoms with van der Waals surface area (Å²) in [5, 5.41) is 0.636. The van der Waals surface area contributed by atoms with Crippen molar-refractivity contribution in [1.29, 1.82) is 0 Å². The summed E-state index contributed by atoms with van der Waals surface area (Å²) >= 11 is 0. The second kappa shape index (κ2) is 11.6. The third-order valence-electron chi connectivity index (χ3n) is 7.11. The third kappa shape index (κ3) is 5.33. The Morgan fingerprint density at radius 3 is 2.23 bits per heavy atom. The number of hydrogen-bond acceptors (Lipinski definition) is 7. The van der Waals surface area contributed by atoms with Crippen molar-refractivity contribution in [3.8, 4) is 28.4 Å². The van der Waals surface area contributed by atoms with Crippen molar-refractivity contribution in [1.82, 2.24) is 4.90 Å². The highest BCUT2D eigenvalue weighted by Crippen LogP contribution is 2.46. The first kappa shape index (κ1) is 26.3. The van der Waals surface area contributed by atoms with Crippen molar-refractivity contribution in [3.63, 3.8) is 0 Å². The number of carbonyl (C=O) groups is 1. The Labute approximate surface area is 226 Å². The minimum absolute atomic E-state index is 0.0216. The Kier molecular flexibility index (Phi) is 7.84. The molecule has 8 nitrogen and oxygen atoms in total. The van der Waals surface area contributed by atoms with Crippen molar-refractivity contribution in [2.75, 3.05) is 47.6 Å². The molecule has 0 saturated carbocycles. The van der Waals surface area contributed by atoms with Gasteiger partial charge in [0.2, 0.25) is 5.91 Å². The van der Waals surface area contributed by atoms with Crippen LogP contribution >= 0.6 is 0 Å². The summed E-state index contributed by atoms with van der Waals surface area (Å²) in [6.45, 7) is 2.07. The zero-order chi connectivity index (χ0) is 27.4. The zero-order valence-corrected chi connectivity index (χ0v) is 22.3. The minimum atomic E-state index is -0.508. The molecule has 39 heavy (non-hydrogen) atoms.